The largest absolute Gasteiger partial charge is 0.339 e. The first-order chi connectivity index (χ1) is 11.8. The van der Waals surface area contributed by atoms with Crippen molar-refractivity contribution < 1.29 is 13.2 Å². The van der Waals surface area contributed by atoms with Crippen molar-refractivity contribution in [3.8, 4) is 0 Å². The summed E-state index contributed by atoms with van der Waals surface area (Å²) in [5.74, 6) is 0.107. The van der Waals surface area contributed by atoms with E-state index in [4.69, 9.17) is 5.73 Å². The minimum absolute atomic E-state index is 0.0212. The van der Waals surface area contributed by atoms with E-state index in [0.29, 0.717) is 31.7 Å². The number of carbonyl (C=O) groups excluding carboxylic acids is 1. The second kappa shape index (κ2) is 8.29. The van der Waals surface area contributed by atoms with Gasteiger partial charge in [0.1, 0.15) is 0 Å². The van der Waals surface area contributed by atoms with Crippen molar-refractivity contribution in [1.29, 1.82) is 0 Å². The van der Waals surface area contributed by atoms with E-state index in [1.165, 1.54) is 16.4 Å². The highest BCUT2D eigenvalue weighted by molar-refractivity contribution is 7.89. The number of nitrogens with zero attached hydrogens (tertiary/aromatic N) is 2. The molecule has 7 heteroatoms. The van der Waals surface area contributed by atoms with Crippen LogP contribution in [0.2, 0.25) is 0 Å². The number of rotatable bonds is 6. The number of hydrogen-bond donors (Lipinski definition) is 1. The maximum Gasteiger partial charge on any atom is 0.253 e. The molecule has 2 atom stereocenters. The molecule has 1 fully saturated rings. The Labute approximate surface area is 151 Å². The van der Waals surface area contributed by atoms with E-state index in [2.05, 4.69) is 0 Å². The Morgan fingerprint density at radius 3 is 2.40 bits per heavy atom. The molecule has 140 valence electrons. The third kappa shape index (κ3) is 4.40. The Bertz CT molecular complexity index is 682. The van der Waals surface area contributed by atoms with Gasteiger partial charge in [0.25, 0.3) is 5.91 Å². The standard InChI is InChI=1S/C18H29N3O3S/c1-4-20(5-2)18(22)15-8-10-17(11-9-15)25(23,24)21-12-6-7-16(13-21)14(3)19/h8-11,14,16H,4-7,12-13,19H2,1-3H3. The van der Waals surface area contributed by atoms with Gasteiger partial charge in [-0.05, 0) is 63.8 Å². The number of piperidine rings is 1. The van der Waals surface area contributed by atoms with Gasteiger partial charge in [0.05, 0.1) is 4.90 Å². The van der Waals surface area contributed by atoms with E-state index in [9.17, 15) is 13.2 Å². The molecule has 1 heterocycles. The molecule has 1 amide bonds. The van der Waals surface area contributed by atoms with Crippen LogP contribution in [0.25, 0.3) is 0 Å². The average molecular weight is 368 g/mol. The average Bonchev–Trinajstić information content (AvgIpc) is 2.62. The molecule has 1 aromatic rings. The van der Waals surface area contributed by atoms with Gasteiger partial charge in [-0.1, -0.05) is 0 Å². The molecule has 0 aromatic heterocycles. The van der Waals surface area contributed by atoms with Crippen LogP contribution >= 0.6 is 0 Å². The molecule has 0 spiro atoms. The van der Waals surface area contributed by atoms with E-state index in [0.717, 1.165) is 12.8 Å². The molecule has 2 unspecified atom stereocenters. The molecule has 1 saturated heterocycles. The molecule has 2 N–H and O–H groups in total. The van der Waals surface area contributed by atoms with Crippen LogP contribution in [0.4, 0.5) is 0 Å². The molecule has 25 heavy (non-hydrogen) atoms. The third-order valence-corrected chi connectivity index (χ3v) is 6.83. The fourth-order valence-electron chi connectivity index (χ4n) is 3.23. The molecule has 2 rings (SSSR count). The maximum atomic E-state index is 12.9. The lowest BCUT2D eigenvalue weighted by Gasteiger charge is -2.33. The molecule has 1 aliphatic heterocycles. The smallest absolute Gasteiger partial charge is 0.253 e. The fraction of sp³-hybridized carbons (Fsp3) is 0.611. The summed E-state index contributed by atoms with van der Waals surface area (Å²) in [6, 6.07) is 6.23. The summed E-state index contributed by atoms with van der Waals surface area (Å²) in [6.07, 6.45) is 1.78. The summed E-state index contributed by atoms with van der Waals surface area (Å²) >= 11 is 0. The number of sulfonamides is 1. The summed E-state index contributed by atoms with van der Waals surface area (Å²) in [5, 5.41) is 0. The Morgan fingerprint density at radius 2 is 1.88 bits per heavy atom. The number of carbonyl (C=O) groups is 1. The van der Waals surface area contributed by atoms with Crippen LogP contribution < -0.4 is 5.73 Å². The zero-order valence-electron chi connectivity index (χ0n) is 15.3. The molecule has 0 aliphatic carbocycles. The first kappa shape index (κ1) is 19.9. The number of benzene rings is 1. The molecular weight excluding hydrogens is 338 g/mol. The summed E-state index contributed by atoms with van der Waals surface area (Å²) in [7, 11) is -3.55. The van der Waals surface area contributed by atoms with E-state index < -0.39 is 10.0 Å². The molecular formula is C18H29N3O3S. The predicted octanol–water partition coefficient (Wildman–Crippen LogP) is 1.92. The SMILES string of the molecule is CCN(CC)C(=O)c1ccc(S(=O)(=O)N2CCCC(C(C)N)C2)cc1. The molecule has 1 aliphatic rings. The van der Waals surface area contributed by atoms with Crippen molar-refractivity contribution in [3.63, 3.8) is 0 Å². The Balaban J connectivity index is 2.19. The summed E-state index contributed by atoms with van der Waals surface area (Å²) < 4.78 is 27.3. The molecule has 0 radical (unpaired) electrons. The lowest BCUT2D eigenvalue weighted by molar-refractivity contribution is 0.0773. The van der Waals surface area contributed by atoms with Crippen molar-refractivity contribution in [1.82, 2.24) is 9.21 Å². The fourth-order valence-corrected chi connectivity index (χ4v) is 4.77. The van der Waals surface area contributed by atoms with E-state index in [1.54, 1.807) is 17.0 Å². The summed E-state index contributed by atoms with van der Waals surface area (Å²) in [5.41, 5.74) is 6.46. The monoisotopic (exact) mass is 367 g/mol. The van der Waals surface area contributed by atoms with Crippen LogP contribution in [0.5, 0.6) is 0 Å². The number of hydrogen-bond acceptors (Lipinski definition) is 4. The second-order valence-electron chi connectivity index (χ2n) is 6.63. The van der Waals surface area contributed by atoms with Crippen LogP contribution in [0.15, 0.2) is 29.2 Å². The number of nitrogens with two attached hydrogens (primary N) is 1. The Kier molecular flexibility index (Phi) is 6.59. The highest BCUT2D eigenvalue weighted by Gasteiger charge is 2.31. The first-order valence-electron chi connectivity index (χ1n) is 8.96. The van der Waals surface area contributed by atoms with E-state index in [1.807, 2.05) is 20.8 Å². The van der Waals surface area contributed by atoms with Gasteiger partial charge in [-0.25, -0.2) is 8.42 Å². The van der Waals surface area contributed by atoms with Gasteiger partial charge < -0.3 is 10.6 Å². The second-order valence-corrected chi connectivity index (χ2v) is 8.56. The van der Waals surface area contributed by atoms with Gasteiger partial charge >= 0.3 is 0 Å². The topological polar surface area (TPSA) is 83.7 Å². The van der Waals surface area contributed by atoms with Gasteiger partial charge in [0.15, 0.2) is 0 Å². The maximum absolute atomic E-state index is 12.9. The summed E-state index contributed by atoms with van der Waals surface area (Å²) in [4.78, 5) is 14.3. The molecule has 1 aromatic carbocycles. The third-order valence-electron chi connectivity index (χ3n) is 4.95. The predicted molar refractivity (Wildman–Crippen MR) is 98.8 cm³/mol. The molecule has 6 nitrogen and oxygen atoms in total. The van der Waals surface area contributed by atoms with Gasteiger partial charge in [0.2, 0.25) is 10.0 Å². The highest BCUT2D eigenvalue weighted by Crippen LogP contribution is 2.25. The van der Waals surface area contributed by atoms with E-state index >= 15 is 0 Å². The minimum Gasteiger partial charge on any atom is -0.339 e. The van der Waals surface area contributed by atoms with Gasteiger partial charge in [0, 0.05) is 37.8 Å². The molecule has 0 bridgehead atoms. The van der Waals surface area contributed by atoms with Crippen molar-refractivity contribution in [3.05, 3.63) is 29.8 Å². The van der Waals surface area contributed by atoms with Gasteiger partial charge in [-0.2, -0.15) is 4.31 Å². The lowest BCUT2D eigenvalue weighted by atomic mass is 9.93. The highest BCUT2D eigenvalue weighted by atomic mass is 32.2. The Hall–Kier alpha value is -1.44. The van der Waals surface area contributed by atoms with Crippen LogP contribution in [0.3, 0.4) is 0 Å². The van der Waals surface area contributed by atoms with Crippen LogP contribution in [0.1, 0.15) is 44.0 Å². The van der Waals surface area contributed by atoms with Crippen molar-refractivity contribution in [2.75, 3.05) is 26.2 Å². The van der Waals surface area contributed by atoms with Gasteiger partial charge in [-0.15, -0.1) is 0 Å². The zero-order chi connectivity index (χ0) is 18.6. The van der Waals surface area contributed by atoms with Crippen LogP contribution in [0, 0.1) is 5.92 Å². The first-order valence-corrected chi connectivity index (χ1v) is 10.4. The quantitative estimate of drug-likeness (QED) is 0.832. The van der Waals surface area contributed by atoms with Crippen molar-refractivity contribution in [2.24, 2.45) is 11.7 Å². The van der Waals surface area contributed by atoms with Crippen LogP contribution in [-0.2, 0) is 10.0 Å². The van der Waals surface area contributed by atoms with E-state index in [-0.39, 0.29) is 22.8 Å². The molecule has 0 saturated carbocycles. The van der Waals surface area contributed by atoms with Crippen molar-refractivity contribution in [2.45, 2.75) is 44.6 Å². The van der Waals surface area contributed by atoms with Gasteiger partial charge in [-0.3, -0.25) is 4.79 Å². The Morgan fingerprint density at radius 1 is 1.28 bits per heavy atom. The number of amides is 1. The minimum atomic E-state index is -3.55. The lowest BCUT2D eigenvalue weighted by Crippen LogP contribution is -2.44. The summed E-state index contributed by atoms with van der Waals surface area (Å²) in [6.45, 7) is 8.00. The van der Waals surface area contributed by atoms with Crippen molar-refractivity contribution >= 4 is 15.9 Å². The van der Waals surface area contributed by atoms with Crippen LogP contribution in [-0.4, -0.2) is 55.8 Å². The normalized spacial score (nSPS) is 20.2. The zero-order valence-corrected chi connectivity index (χ0v) is 16.1.